The molecule has 2 aromatic heterocycles. The number of rotatable bonds is 4. The summed E-state index contributed by atoms with van der Waals surface area (Å²) >= 11 is 0. The van der Waals surface area contributed by atoms with E-state index in [0.717, 1.165) is 35.3 Å². The lowest BCUT2D eigenvalue weighted by Gasteiger charge is -2.19. The molecular formula is C21H22N4. The van der Waals surface area contributed by atoms with Crippen molar-refractivity contribution in [2.75, 3.05) is 0 Å². The molecule has 0 radical (unpaired) electrons. The number of aromatic nitrogens is 3. The average molecular weight is 330 g/mol. The zero-order valence-corrected chi connectivity index (χ0v) is 14.9. The number of nitrogens with zero attached hydrogens (tertiary/aromatic N) is 4. The van der Waals surface area contributed by atoms with E-state index >= 15 is 0 Å². The minimum Gasteiger partial charge on any atom is -0.326 e. The predicted molar refractivity (Wildman–Crippen MR) is 102 cm³/mol. The van der Waals surface area contributed by atoms with Crippen molar-refractivity contribution in [1.29, 1.82) is 5.26 Å². The molecule has 0 aliphatic carbocycles. The summed E-state index contributed by atoms with van der Waals surface area (Å²) in [5, 5.41) is 10.1. The smallest absolute Gasteiger partial charge is 0.234 e. The van der Waals surface area contributed by atoms with Gasteiger partial charge in [-0.1, -0.05) is 57.2 Å². The largest absolute Gasteiger partial charge is 0.326 e. The molecule has 4 nitrogen and oxygen atoms in total. The summed E-state index contributed by atoms with van der Waals surface area (Å²) in [4.78, 5) is 8.52. The maximum atomic E-state index is 9.11. The van der Waals surface area contributed by atoms with E-state index < -0.39 is 0 Å². The molecule has 4 heteroatoms. The lowest BCUT2D eigenvalue weighted by molar-refractivity contribution is 0.352. The summed E-state index contributed by atoms with van der Waals surface area (Å²) < 4.78 is 2.18. The summed E-state index contributed by atoms with van der Waals surface area (Å²) in [6.07, 6.45) is 6.95. The van der Waals surface area contributed by atoms with Crippen molar-refractivity contribution >= 4 is 23.2 Å². The molecule has 0 fully saturated rings. The van der Waals surface area contributed by atoms with Gasteiger partial charge in [0.1, 0.15) is 11.7 Å². The molecule has 0 saturated carbocycles. The Morgan fingerprint density at radius 1 is 1.16 bits per heavy atom. The first-order valence-corrected chi connectivity index (χ1v) is 8.46. The standard InChI is InChI=1S/C21H22N4/c1-21(2,3)11-12-25-18(10-9-16-7-5-4-6-8-16)13-17-15-23-19(14-22)24-20(17)25/h4-10,13,15H,11-12H2,1-3H3/b10-9+. The molecule has 0 amide bonds. The van der Waals surface area contributed by atoms with Crippen LogP contribution < -0.4 is 0 Å². The highest BCUT2D eigenvalue weighted by Gasteiger charge is 2.14. The molecule has 0 bridgehead atoms. The van der Waals surface area contributed by atoms with Gasteiger partial charge in [-0.25, -0.2) is 9.97 Å². The Bertz CT molecular complexity index is 938. The first-order chi connectivity index (χ1) is 12.0. The summed E-state index contributed by atoms with van der Waals surface area (Å²) in [7, 11) is 0. The second-order valence-electron chi connectivity index (χ2n) is 7.36. The third-order valence-corrected chi connectivity index (χ3v) is 4.10. The van der Waals surface area contributed by atoms with Crippen LogP contribution in [0.1, 0.15) is 44.3 Å². The van der Waals surface area contributed by atoms with E-state index in [1.165, 1.54) is 0 Å². The van der Waals surface area contributed by atoms with E-state index in [9.17, 15) is 0 Å². The van der Waals surface area contributed by atoms with Crippen molar-refractivity contribution in [3.63, 3.8) is 0 Å². The van der Waals surface area contributed by atoms with Gasteiger partial charge >= 0.3 is 0 Å². The second-order valence-corrected chi connectivity index (χ2v) is 7.36. The Labute approximate surface area is 148 Å². The fraction of sp³-hybridized carbons (Fsp3) is 0.286. The van der Waals surface area contributed by atoms with Gasteiger partial charge in [-0.2, -0.15) is 5.26 Å². The molecule has 2 heterocycles. The van der Waals surface area contributed by atoms with Gasteiger partial charge in [0.15, 0.2) is 0 Å². The van der Waals surface area contributed by atoms with Gasteiger partial charge in [-0.05, 0) is 29.5 Å². The molecule has 3 rings (SSSR count). The zero-order chi connectivity index (χ0) is 17.9. The molecule has 0 N–H and O–H groups in total. The SMILES string of the molecule is CC(C)(C)CCn1c(/C=C/c2ccccc2)cc2cnc(C#N)nc21. The van der Waals surface area contributed by atoms with Crippen LogP contribution in [0.4, 0.5) is 0 Å². The van der Waals surface area contributed by atoms with Crippen LogP contribution in [0.25, 0.3) is 23.2 Å². The van der Waals surface area contributed by atoms with E-state index in [0.29, 0.717) is 0 Å². The summed E-state index contributed by atoms with van der Waals surface area (Å²) in [6.45, 7) is 7.54. The molecule has 0 atom stereocenters. The number of hydrogen-bond donors (Lipinski definition) is 0. The van der Waals surface area contributed by atoms with Crippen LogP contribution in [0, 0.1) is 16.7 Å². The Morgan fingerprint density at radius 3 is 2.60 bits per heavy atom. The number of nitriles is 1. The predicted octanol–water partition coefficient (Wildman–Crippen LogP) is 4.91. The summed E-state index contributed by atoms with van der Waals surface area (Å²) in [5.74, 6) is 0.209. The summed E-state index contributed by atoms with van der Waals surface area (Å²) in [6, 6.07) is 14.3. The minimum absolute atomic E-state index is 0.209. The number of benzene rings is 1. The first kappa shape index (κ1) is 16.9. The highest BCUT2D eigenvalue weighted by atomic mass is 15.1. The van der Waals surface area contributed by atoms with Crippen LogP contribution >= 0.6 is 0 Å². The molecule has 1 aromatic carbocycles. The lowest BCUT2D eigenvalue weighted by atomic mass is 9.92. The van der Waals surface area contributed by atoms with E-state index in [1.54, 1.807) is 6.20 Å². The first-order valence-electron chi connectivity index (χ1n) is 8.46. The highest BCUT2D eigenvalue weighted by molar-refractivity contribution is 5.82. The van der Waals surface area contributed by atoms with E-state index in [4.69, 9.17) is 5.26 Å². The molecule has 25 heavy (non-hydrogen) atoms. The summed E-state index contributed by atoms with van der Waals surface area (Å²) in [5.41, 5.74) is 3.28. The van der Waals surface area contributed by atoms with Crippen molar-refractivity contribution in [2.24, 2.45) is 5.41 Å². The van der Waals surface area contributed by atoms with Gasteiger partial charge in [0, 0.05) is 23.8 Å². The van der Waals surface area contributed by atoms with Crippen LogP contribution in [-0.2, 0) is 6.54 Å². The Kier molecular flexibility index (Phi) is 4.67. The van der Waals surface area contributed by atoms with Gasteiger partial charge in [0.25, 0.3) is 0 Å². The fourth-order valence-corrected chi connectivity index (χ4v) is 2.68. The normalized spacial score (nSPS) is 11.9. The zero-order valence-electron chi connectivity index (χ0n) is 14.9. The van der Waals surface area contributed by atoms with Crippen LogP contribution in [0.5, 0.6) is 0 Å². The minimum atomic E-state index is 0.209. The number of hydrogen-bond acceptors (Lipinski definition) is 3. The van der Waals surface area contributed by atoms with Gasteiger partial charge in [0.2, 0.25) is 5.82 Å². The van der Waals surface area contributed by atoms with Gasteiger partial charge in [-0.15, -0.1) is 0 Å². The topological polar surface area (TPSA) is 54.5 Å². The monoisotopic (exact) mass is 330 g/mol. The van der Waals surface area contributed by atoms with E-state index in [2.05, 4.69) is 65.7 Å². The average Bonchev–Trinajstić information content (AvgIpc) is 2.95. The Hall–Kier alpha value is -2.93. The molecule has 0 unspecified atom stereocenters. The van der Waals surface area contributed by atoms with Gasteiger partial charge in [0.05, 0.1) is 0 Å². The molecular weight excluding hydrogens is 308 g/mol. The second kappa shape index (κ2) is 6.90. The van der Waals surface area contributed by atoms with E-state index in [1.807, 2.05) is 24.3 Å². The maximum absolute atomic E-state index is 9.11. The molecule has 126 valence electrons. The number of fused-ring (bicyclic) bond motifs is 1. The van der Waals surface area contributed by atoms with Crippen LogP contribution in [-0.4, -0.2) is 14.5 Å². The van der Waals surface area contributed by atoms with Crippen LogP contribution in [0.15, 0.2) is 42.6 Å². The quantitative estimate of drug-likeness (QED) is 0.683. The fourth-order valence-electron chi connectivity index (χ4n) is 2.68. The Balaban J connectivity index is 2.03. The molecule has 3 aromatic rings. The molecule has 0 spiro atoms. The van der Waals surface area contributed by atoms with Crippen LogP contribution in [0.3, 0.4) is 0 Å². The Morgan fingerprint density at radius 2 is 1.92 bits per heavy atom. The van der Waals surface area contributed by atoms with Crippen LogP contribution in [0.2, 0.25) is 0 Å². The third kappa shape index (κ3) is 4.13. The van der Waals surface area contributed by atoms with E-state index in [-0.39, 0.29) is 11.2 Å². The van der Waals surface area contributed by atoms with Gasteiger partial charge < -0.3 is 4.57 Å². The maximum Gasteiger partial charge on any atom is 0.234 e. The lowest BCUT2D eigenvalue weighted by Crippen LogP contribution is -2.11. The van der Waals surface area contributed by atoms with Crippen molar-refractivity contribution in [3.8, 4) is 6.07 Å². The molecule has 0 saturated heterocycles. The third-order valence-electron chi connectivity index (χ3n) is 4.10. The van der Waals surface area contributed by atoms with Crippen molar-refractivity contribution in [3.05, 3.63) is 59.7 Å². The molecule has 0 aliphatic heterocycles. The van der Waals surface area contributed by atoms with Crippen molar-refractivity contribution < 1.29 is 0 Å². The number of aryl methyl sites for hydroxylation is 1. The van der Waals surface area contributed by atoms with Crippen molar-refractivity contribution in [1.82, 2.24) is 14.5 Å². The van der Waals surface area contributed by atoms with Gasteiger partial charge in [-0.3, -0.25) is 0 Å². The highest BCUT2D eigenvalue weighted by Crippen LogP contribution is 2.25. The molecule has 0 aliphatic rings. The van der Waals surface area contributed by atoms with Crippen molar-refractivity contribution in [2.45, 2.75) is 33.7 Å².